The van der Waals surface area contributed by atoms with Crippen molar-refractivity contribution in [2.45, 2.75) is 63.7 Å². The molecule has 1 aliphatic heterocycles. The monoisotopic (exact) mass is 388 g/mol. The van der Waals surface area contributed by atoms with Crippen LogP contribution in [0.3, 0.4) is 0 Å². The summed E-state index contributed by atoms with van der Waals surface area (Å²) in [5.74, 6) is 2.09. The highest BCUT2D eigenvalue weighted by molar-refractivity contribution is 7.99. The average molecular weight is 389 g/mol. The first-order valence-electron chi connectivity index (χ1n) is 10.3. The van der Waals surface area contributed by atoms with Gasteiger partial charge in [-0.2, -0.15) is 0 Å². The maximum atomic E-state index is 12.6. The molecule has 1 N–H and O–H groups in total. The number of piperidine rings is 1. The number of aryl methyl sites for hydroxylation is 1. The molecule has 0 radical (unpaired) electrons. The van der Waals surface area contributed by atoms with Gasteiger partial charge in [0.2, 0.25) is 11.8 Å². The molecule has 4 nitrogen and oxygen atoms in total. The van der Waals surface area contributed by atoms with Gasteiger partial charge < -0.3 is 10.2 Å². The number of rotatable bonds is 6. The van der Waals surface area contributed by atoms with Crippen LogP contribution in [-0.4, -0.2) is 41.6 Å². The molecule has 1 saturated carbocycles. The smallest absolute Gasteiger partial charge is 0.230 e. The van der Waals surface area contributed by atoms with E-state index in [1.54, 1.807) is 11.8 Å². The molecule has 148 valence electrons. The minimum atomic E-state index is 0.116. The lowest BCUT2D eigenvalue weighted by Gasteiger charge is -2.35. The minimum absolute atomic E-state index is 0.116. The molecule has 1 aliphatic carbocycles. The summed E-state index contributed by atoms with van der Waals surface area (Å²) in [7, 11) is 0. The van der Waals surface area contributed by atoms with E-state index < -0.39 is 0 Å². The molecule has 1 aromatic carbocycles. The number of carbonyl (C=O) groups excluding carboxylic acids is 2. The number of nitrogens with zero attached hydrogens (tertiary/aromatic N) is 1. The largest absolute Gasteiger partial charge is 0.353 e. The fourth-order valence-electron chi connectivity index (χ4n) is 4.15. The molecule has 2 aliphatic rings. The number of likely N-dealkylation sites (tertiary alicyclic amines) is 1. The lowest BCUT2D eigenvalue weighted by atomic mass is 9.87. The van der Waals surface area contributed by atoms with Gasteiger partial charge in [0.25, 0.3) is 0 Å². The summed E-state index contributed by atoms with van der Waals surface area (Å²) in [4.78, 5) is 26.9. The zero-order valence-corrected chi connectivity index (χ0v) is 17.2. The Hall–Kier alpha value is -1.49. The Morgan fingerprint density at radius 1 is 1.07 bits per heavy atom. The van der Waals surface area contributed by atoms with Crippen molar-refractivity contribution >= 4 is 23.6 Å². The summed E-state index contributed by atoms with van der Waals surface area (Å²) in [6.45, 7) is 3.69. The van der Waals surface area contributed by atoms with Crippen molar-refractivity contribution in [1.29, 1.82) is 0 Å². The summed E-state index contributed by atoms with van der Waals surface area (Å²) in [5.41, 5.74) is 2.57. The maximum Gasteiger partial charge on any atom is 0.230 e. The quantitative estimate of drug-likeness (QED) is 0.804. The van der Waals surface area contributed by atoms with Crippen molar-refractivity contribution in [1.82, 2.24) is 10.2 Å². The molecule has 0 spiro atoms. The van der Waals surface area contributed by atoms with E-state index in [2.05, 4.69) is 24.4 Å². The number of benzene rings is 1. The molecule has 1 heterocycles. The van der Waals surface area contributed by atoms with Crippen LogP contribution in [0.4, 0.5) is 0 Å². The van der Waals surface area contributed by atoms with Crippen LogP contribution in [0.25, 0.3) is 0 Å². The van der Waals surface area contributed by atoms with E-state index in [4.69, 9.17) is 0 Å². The average Bonchev–Trinajstić information content (AvgIpc) is 2.70. The second-order valence-corrected chi connectivity index (χ2v) is 8.91. The van der Waals surface area contributed by atoms with Gasteiger partial charge in [-0.15, -0.1) is 11.8 Å². The molecule has 0 bridgehead atoms. The summed E-state index contributed by atoms with van der Waals surface area (Å²) in [5, 5.41) is 3.16. The Kier molecular flexibility index (Phi) is 7.62. The van der Waals surface area contributed by atoms with E-state index in [1.165, 1.54) is 30.4 Å². The van der Waals surface area contributed by atoms with Crippen molar-refractivity contribution in [3.8, 4) is 0 Å². The van der Waals surface area contributed by atoms with Gasteiger partial charge in [-0.1, -0.05) is 43.5 Å². The molecular weight excluding hydrogens is 356 g/mol. The third kappa shape index (κ3) is 6.00. The SMILES string of the molecule is Cc1ccccc1CSCC(=O)NC1CCN(C(=O)C2CCCCC2)CC1. The Bertz CT molecular complexity index is 635. The second kappa shape index (κ2) is 10.2. The standard InChI is InChI=1S/C22H32N2O2S/c1-17-7-5-6-10-19(17)15-27-16-21(25)23-20-11-13-24(14-12-20)22(26)18-8-3-2-4-9-18/h5-7,10,18,20H,2-4,8-9,11-16H2,1H3,(H,23,25). The van der Waals surface area contributed by atoms with Crippen molar-refractivity contribution in [2.24, 2.45) is 5.92 Å². The number of hydrogen-bond donors (Lipinski definition) is 1. The topological polar surface area (TPSA) is 49.4 Å². The Labute approximate surface area is 167 Å². The zero-order chi connectivity index (χ0) is 19.1. The summed E-state index contributed by atoms with van der Waals surface area (Å²) < 4.78 is 0. The highest BCUT2D eigenvalue weighted by Crippen LogP contribution is 2.26. The Morgan fingerprint density at radius 2 is 1.78 bits per heavy atom. The van der Waals surface area contributed by atoms with Gasteiger partial charge in [0.05, 0.1) is 5.75 Å². The van der Waals surface area contributed by atoms with Gasteiger partial charge in [-0.05, 0) is 43.7 Å². The van der Waals surface area contributed by atoms with E-state index in [-0.39, 0.29) is 17.9 Å². The molecule has 5 heteroatoms. The third-order valence-corrected chi connectivity index (χ3v) is 6.86. The van der Waals surface area contributed by atoms with Gasteiger partial charge in [-0.25, -0.2) is 0 Å². The highest BCUT2D eigenvalue weighted by atomic mass is 32.2. The van der Waals surface area contributed by atoms with Gasteiger partial charge in [0.15, 0.2) is 0 Å². The van der Waals surface area contributed by atoms with Gasteiger partial charge in [0, 0.05) is 30.8 Å². The molecule has 0 unspecified atom stereocenters. The van der Waals surface area contributed by atoms with E-state index >= 15 is 0 Å². The maximum absolute atomic E-state index is 12.6. The number of thioether (sulfide) groups is 1. The van der Waals surface area contributed by atoms with Crippen molar-refractivity contribution in [3.63, 3.8) is 0 Å². The molecule has 1 aromatic rings. The molecule has 2 fully saturated rings. The van der Waals surface area contributed by atoms with Crippen LogP contribution in [0.1, 0.15) is 56.1 Å². The van der Waals surface area contributed by atoms with Crippen molar-refractivity contribution in [3.05, 3.63) is 35.4 Å². The Morgan fingerprint density at radius 3 is 2.48 bits per heavy atom. The molecule has 1 saturated heterocycles. The zero-order valence-electron chi connectivity index (χ0n) is 16.4. The number of amides is 2. The van der Waals surface area contributed by atoms with Crippen LogP contribution < -0.4 is 5.32 Å². The highest BCUT2D eigenvalue weighted by Gasteiger charge is 2.29. The van der Waals surface area contributed by atoms with Crippen LogP contribution in [0.5, 0.6) is 0 Å². The predicted molar refractivity (Wildman–Crippen MR) is 112 cm³/mol. The van der Waals surface area contributed by atoms with Gasteiger partial charge in [-0.3, -0.25) is 9.59 Å². The second-order valence-electron chi connectivity index (χ2n) is 7.92. The normalized spacial score (nSPS) is 19.1. The summed E-state index contributed by atoms with van der Waals surface area (Å²) in [6, 6.07) is 8.54. The van der Waals surface area contributed by atoms with E-state index in [1.807, 2.05) is 17.0 Å². The molecular formula is C22H32N2O2S. The van der Waals surface area contributed by atoms with E-state index in [0.29, 0.717) is 11.7 Å². The van der Waals surface area contributed by atoms with Crippen molar-refractivity contribution < 1.29 is 9.59 Å². The Balaban J connectivity index is 1.34. The predicted octanol–water partition coefficient (Wildman–Crippen LogP) is 3.92. The van der Waals surface area contributed by atoms with Crippen LogP contribution in [0.2, 0.25) is 0 Å². The molecule has 2 amide bonds. The summed E-state index contributed by atoms with van der Waals surface area (Å²) >= 11 is 1.66. The number of hydrogen-bond acceptors (Lipinski definition) is 3. The molecule has 27 heavy (non-hydrogen) atoms. The van der Waals surface area contributed by atoms with Crippen LogP contribution in [0.15, 0.2) is 24.3 Å². The lowest BCUT2D eigenvalue weighted by Crippen LogP contribution is -2.48. The minimum Gasteiger partial charge on any atom is -0.353 e. The van der Waals surface area contributed by atoms with E-state index in [0.717, 1.165) is 44.5 Å². The molecule has 0 aromatic heterocycles. The first-order chi connectivity index (χ1) is 13.1. The summed E-state index contributed by atoms with van der Waals surface area (Å²) in [6.07, 6.45) is 7.56. The molecule has 0 atom stereocenters. The van der Waals surface area contributed by atoms with Crippen LogP contribution in [-0.2, 0) is 15.3 Å². The first-order valence-corrected chi connectivity index (χ1v) is 11.5. The first kappa shape index (κ1) is 20.2. The van der Waals surface area contributed by atoms with Crippen molar-refractivity contribution in [2.75, 3.05) is 18.8 Å². The van der Waals surface area contributed by atoms with Crippen LogP contribution in [0, 0.1) is 12.8 Å². The fraction of sp³-hybridized carbons (Fsp3) is 0.636. The van der Waals surface area contributed by atoms with Crippen LogP contribution >= 0.6 is 11.8 Å². The number of nitrogens with one attached hydrogen (secondary N) is 1. The fourth-order valence-corrected chi connectivity index (χ4v) is 5.06. The molecule has 3 rings (SSSR count). The number of carbonyl (C=O) groups is 2. The third-order valence-electron chi connectivity index (χ3n) is 5.88. The lowest BCUT2D eigenvalue weighted by molar-refractivity contribution is -0.137. The van der Waals surface area contributed by atoms with E-state index in [9.17, 15) is 9.59 Å². The van der Waals surface area contributed by atoms with Gasteiger partial charge in [0.1, 0.15) is 0 Å². The van der Waals surface area contributed by atoms with Gasteiger partial charge >= 0.3 is 0 Å².